The van der Waals surface area contributed by atoms with Crippen LogP contribution in [0.2, 0.25) is 5.02 Å². The van der Waals surface area contributed by atoms with Gasteiger partial charge in [0.1, 0.15) is 12.3 Å². The molecule has 0 aliphatic rings. The lowest BCUT2D eigenvalue weighted by atomic mass is 10.1. The fourth-order valence-corrected chi connectivity index (χ4v) is 2.54. The monoisotopic (exact) mass is 360 g/mol. The normalized spacial score (nSPS) is 10.2. The van der Waals surface area contributed by atoms with Crippen molar-refractivity contribution in [3.63, 3.8) is 0 Å². The highest BCUT2D eigenvalue weighted by atomic mass is 35.5. The van der Waals surface area contributed by atoms with Crippen molar-refractivity contribution in [1.29, 1.82) is 0 Å². The first-order valence-corrected chi connectivity index (χ1v) is 8.23. The number of ether oxygens (including phenoxy) is 1. The number of carbonyl (C=O) groups excluding carboxylic acids is 2. The summed E-state index contributed by atoms with van der Waals surface area (Å²) in [7, 11) is 1.50. The molecule has 0 saturated carbocycles. The summed E-state index contributed by atoms with van der Waals surface area (Å²) in [5.74, 6) is -0.0646. The molecule has 0 aliphatic carbocycles. The number of benzene rings is 2. The molecule has 6 heteroatoms. The van der Waals surface area contributed by atoms with Gasteiger partial charge < -0.3 is 10.1 Å². The van der Waals surface area contributed by atoms with Crippen molar-refractivity contribution in [1.82, 2.24) is 5.32 Å². The summed E-state index contributed by atoms with van der Waals surface area (Å²) in [6.07, 6.45) is 0. The van der Waals surface area contributed by atoms with Gasteiger partial charge in [0.25, 0.3) is 0 Å². The summed E-state index contributed by atoms with van der Waals surface area (Å²) < 4.78 is 5.31. The van der Waals surface area contributed by atoms with Gasteiger partial charge in [-0.3, -0.25) is 14.5 Å². The molecule has 5 nitrogen and oxygen atoms in total. The summed E-state index contributed by atoms with van der Waals surface area (Å²) in [4.78, 5) is 25.7. The van der Waals surface area contributed by atoms with Crippen molar-refractivity contribution in [2.75, 3.05) is 18.6 Å². The molecule has 0 radical (unpaired) electrons. The molecular weight excluding hydrogens is 340 g/mol. The molecular formula is C19H21ClN2O3. The van der Waals surface area contributed by atoms with E-state index in [1.165, 1.54) is 18.9 Å². The Balaban J connectivity index is 2.14. The molecule has 132 valence electrons. The first-order valence-electron chi connectivity index (χ1n) is 7.85. The van der Waals surface area contributed by atoms with Gasteiger partial charge in [0.05, 0.1) is 12.8 Å². The van der Waals surface area contributed by atoms with E-state index in [-0.39, 0.29) is 18.4 Å². The van der Waals surface area contributed by atoms with Gasteiger partial charge in [0, 0.05) is 24.6 Å². The third-order valence-corrected chi connectivity index (χ3v) is 4.17. The molecule has 2 aromatic rings. The van der Waals surface area contributed by atoms with Crippen LogP contribution in [0.4, 0.5) is 5.69 Å². The van der Waals surface area contributed by atoms with Crippen LogP contribution in [-0.4, -0.2) is 25.5 Å². The third kappa shape index (κ3) is 4.97. The minimum Gasteiger partial charge on any atom is -0.495 e. The number of hydrogen-bond acceptors (Lipinski definition) is 3. The minimum atomic E-state index is -0.256. The molecule has 0 heterocycles. The number of nitrogens with zero attached hydrogens (tertiary/aromatic N) is 1. The third-order valence-electron chi connectivity index (χ3n) is 3.77. The zero-order valence-corrected chi connectivity index (χ0v) is 15.3. The molecule has 0 unspecified atom stereocenters. The second-order valence-electron chi connectivity index (χ2n) is 5.64. The SMILES string of the molecule is COc1cc(Cl)c(C)cc1N(CC(=O)NCc1ccccc1)C(C)=O. The van der Waals surface area contributed by atoms with E-state index in [0.717, 1.165) is 11.1 Å². The summed E-state index contributed by atoms with van der Waals surface area (Å²) in [5, 5.41) is 3.36. The molecule has 2 rings (SSSR count). The highest BCUT2D eigenvalue weighted by molar-refractivity contribution is 6.31. The number of nitrogens with one attached hydrogen (secondary N) is 1. The largest absolute Gasteiger partial charge is 0.495 e. The number of methoxy groups -OCH3 is 1. The van der Waals surface area contributed by atoms with Gasteiger partial charge in [-0.25, -0.2) is 0 Å². The molecule has 0 aromatic heterocycles. The van der Waals surface area contributed by atoms with E-state index in [9.17, 15) is 9.59 Å². The van der Waals surface area contributed by atoms with Crippen LogP contribution in [0.25, 0.3) is 0 Å². The Morgan fingerprint density at radius 2 is 1.88 bits per heavy atom. The molecule has 0 fully saturated rings. The van der Waals surface area contributed by atoms with Crippen LogP contribution >= 0.6 is 11.6 Å². The van der Waals surface area contributed by atoms with Crippen LogP contribution in [0.3, 0.4) is 0 Å². The molecule has 0 saturated heterocycles. The summed E-state index contributed by atoms with van der Waals surface area (Å²) in [5.41, 5.74) is 2.31. The van der Waals surface area contributed by atoms with Gasteiger partial charge in [-0.2, -0.15) is 0 Å². The maximum absolute atomic E-state index is 12.3. The Morgan fingerprint density at radius 3 is 2.48 bits per heavy atom. The lowest BCUT2D eigenvalue weighted by Crippen LogP contribution is -2.39. The summed E-state index contributed by atoms with van der Waals surface area (Å²) in [6, 6.07) is 13.0. The second-order valence-corrected chi connectivity index (χ2v) is 6.05. The van der Waals surface area contributed by atoms with Gasteiger partial charge in [-0.05, 0) is 24.1 Å². The van der Waals surface area contributed by atoms with Crippen molar-refractivity contribution < 1.29 is 14.3 Å². The molecule has 0 spiro atoms. The van der Waals surface area contributed by atoms with Crippen molar-refractivity contribution in [2.45, 2.75) is 20.4 Å². The number of halogens is 1. The van der Waals surface area contributed by atoms with E-state index in [2.05, 4.69) is 5.32 Å². The molecule has 0 aliphatic heterocycles. The summed E-state index contributed by atoms with van der Waals surface area (Å²) >= 11 is 6.11. The lowest BCUT2D eigenvalue weighted by molar-refractivity contribution is -0.123. The van der Waals surface area contributed by atoms with Crippen molar-refractivity contribution in [3.05, 3.63) is 58.6 Å². The zero-order chi connectivity index (χ0) is 18.4. The summed E-state index contributed by atoms with van der Waals surface area (Å²) in [6.45, 7) is 3.55. The van der Waals surface area contributed by atoms with Gasteiger partial charge in [0.15, 0.2) is 0 Å². The Morgan fingerprint density at radius 1 is 1.20 bits per heavy atom. The zero-order valence-electron chi connectivity index (χ0n) is 14.5. The fourth-order valence-electron chi connectivity index (χ4n) is 2.38. The molecule has 0 bridgehead atoms. The van der Waals surface area contributed by atoms with E-state index >= 15 is 0 Å². The fraction of sp³-hybridized carbons (Fsp3) is 0.263. The molecule has 25 heavy (non-hydrogen) atoms. The minimum absolute atomic E-state index is 0.0976. The van der Waals surface area contributed by atoms with Gasteiger partial charge in [-0.15, -0.1) is 0 Å². The van der Waals surface area contributed by atoms with Gasteiger partial charge in [-0.1, -0.05) is 41.9 Å². The number of carbonyl (C=O) groups is 2. The maximum atomic E-state index is 12.3. The first-order chi connectivity index (χ1) is 11.9. The maximum Gasteiger partial charge on any atom is 0.240 e. The Kier molecular flexibility index (Phi) is 6.42. The number of rotatable bonds is 6. The Hall–Kier alpha value is -2.53. The van der Waals surface area contributed by atoms with Crippen LogP contribution in [0.15, 0.2) is 42.5 Å². The molecule has 2 aromatic carbocycles. The van der Waals surface area contributed by atoms with E-state index in [0.29, 0.717) is 23.0 Å². The van der Waals surface area contributed by atoms with Crippen molar-refractivity contribution in [2.24, 2.45) is 0 Å². The van der Waals surface area contributed by atoms with Crippen LogP contribution in [-0.2, 0) is 16.1 Å². The van der Waals surface area contributed by atoms with E-state index in [1.807, 2.05) is 37.3 Å². The quantitative estimate of drug-likeness (QED) is 0.859. The topological polar surface area (TPSA) is 58.6 Å². The Labute approximate surface area is 152 Å². The number of amides is 2. The van der Waals surface area contributed by atoms with E-state index < -0.39 is 0 Å². The molecule has 2 amide bonds. The van der Waals surface area contributed by atoms with Gasteiger partial charge >= 0.3 is 0 Å². The highest BCUT2D eigenvalue weighted by Gasteiger charge is 2.20. The predicted molar refractivity (Wildman–Crippen MR) is 99.1 cm³/mol. The number of aryl methyl sites for hydroxylation is 1. The van der Waals surface area contributed by atoms with Crippen LogP contribution in [0.5, 0.6) is 5.75 Å². The van der Waals surface area contributed by atoms with Gasteiger partial charge in [0.2, 0.25) is 11.8 Å². The molecule has 0 atom stereocenters. The second kappa shape index (κ2) is 8.53. The van der Waals surface area contributed by atoms with Crippen LogP contribution in [0.1, 0.15) is 18.1 Å². The van der Waals surface area contributed by atoms with E-state index in [1.54, 1.807) is 12.1 Å². The van der Waals surface area contributed by atoms with E-state index in [4.69, 9.17) is 16.3 Å². The highest BCUT2D eigenvalue weighted by Crippen LogP contribution is 2.33. The molecule has 1 N–H and O–H groups in total. The average Bonchev–Trinajstić information content (AvgIpc) is 2.60. The van der Waals surface area contributed by atoms with Crippen LogP contribution in [0, 0.1) is 6.92 Å². The van der Waals surface area contributed by atoms with Crippen molar-refractivity contribution >= 4 is 29.1 Å². The smallest absolute Gasteiger partial charge is 0.240 e. The number of hydrogen-bond donors (Lipinski definition) is 1. The average molecular weight is 361 g/mol. The Bertz CT molecular complexity index is 763. The number of anilines is 1. The van der Waals surface area contributed by atoms with Crippen LogP contribution < -0.4 is 15.0 Å². The van der Waals surface area contributed by atoms with Crippen molar-refractivity contribution in [3.8, 4) is 5.75 Å². The lowest BCUT2D eigenvalue weighted by Gasteiger charge is -2.23. The predicted octanol–water partition coefficient (Wildman–Crippen LogP) is 3.33. The first kappa shape index (κ1) is 18.8. The standard InChI is InChI=1S/C19H21ClN2O3/c1-13-9-17(18(25-3)10-16(13)20)22(14(2)23)12-19(24)21-11-15-7-5-4-6-8-15/h4-10H,11-12H2,1-3H3,(H,21,24).